The van der Waals surface area contributed by atoms with E-state index in [4.69, 9.17) is 4.74 Å². The summed E-state index contributed by atoms with van der Waals surface area (Å²) in [5, 5.41) is 0. The Morgan fingerprint density at radius 3 is 1.37 bits per heavy atom. The summed E-state index contributed by atoms with van der Waals surface area (Å²) in [4.78, 5) is 6.55. The van der Waals surface area contributed by atoms with E-state index in [0.717, 1.165) is 95.4 Å². The zero-order chi connectivity index (χ0) is 33.5. The van der Waals surface area contributed by atoms with Crippen LogP contribution in [0.5, 0.6) is 0 Å². The van der Waals surface area contributed by atoms with Crippen LogP contribution in [0.3, 0.4) is 0 Å². The molecule has 0 spiro atoms. The molecular formula is C48H78N2O. The van der Waals surface area contributed by atoms with Crippen molar-refractivity contribution in [2.45, 2.75) is 241 Å². The zero-order valence-corrected chi connectivity index (χ0v) is 32.9. The molecule has 3 heteroatoms. The first-order chi connectivity index (χ1) is 25.3. The minimum absolute atomic E-state index is 0.620. The van der Waals surface area contributed by atoms with Gasteiger partial charge in [0.25, 0.3) is 0 Å². The Labute approximate surface area is 313 Å². The van der Waals surface area contributed by atoms with Gasteiger partial charge in [-0.2, -0.15) is 0 Å². The van der Waals surface area contributed by atoms with Crippen molar-refractivity contribution in [1.29, 1.82) is 0 Å². The summed E-state index contributed by atoms with van der Waals surface area (Å²) in [5.41, 5.74) is 0. The van der Waals surface area contributed by atoms with Gasteiger partial charge in [0, 0.05) is 36.3 Å². The molecule has 3 aliphatic heterocycles. The van der Waals surface area contributed by atoms with Crippen molar-refractivity contribution in [3.8, 4) is 0 Å². The minimum atomic E-state index is 0.620. The van der Waals surface area contributed by atoms with Gasteiger partial charge in [0.15, 0.2) is 0 Å². The molecule has 15 atom stereocenters. The van der Waals surface area contributed by atoms with Crippen LogP contribution in [-0.4, -0.2) is 58.3 Å². The predicted octanol–water partition coefficient (Wildman–Crippen LogP) is 11.6. The topological polar surface area (TPSA) is 15.7 Å². The van der Waals surface area contributed by atoms with E-state index < -0.39 is 0 Å². The molecule has 286 valence electrons. The van der Waals surface area contributed by atoms with E-state index in [1.807, 2.05) is 0 Å². The number of likely N-dealkylation sites (tertiary alicyclic amines) is 2. The van der Waals surface area contributed by atoms with Gasteiger partial charge in [0.1, 0.15) is 0 Å². The Morgan fingerprint density at radius 1 is 0.275 bits per heavy atom. The lowest BCUT2D eigenvalue weighted by Gasteiger charge is -2.47. The maximum absolute atomic E-state index is 6.77. The molecule has 0 aromatic heterocycles. The van der Waals surface area contributed by atoms with Gasteiger partial charge in [-0.3, -0.25) is 9.80 Å². The van der Waals surface area contributed by atoms with E-state index in [-0.39, 0.29) is 0 Å². The Hall–Kier alpha value is -0.120. The van der Waals surface area contributed by atoms with Gasteiger partial charge in [0.05, 0.1) is 12.2 Å². The number of nitrogens with zero attached hydrogens (tertiary/aromatic N) is 2. The van der Waals surface area contributed by atoms with Crippen molar-refractivity contribution < 1.29 is 4.74 Å². The third kappa shape index (κ3) is 6.01. The Balaban J connectivity index is 0.723. The van der Waals surface area contributed by atoms with E-state index in [9.17, 15) is 0 Å². The van der Waals surface area contributed by atoms with Crippen molar-refractivity contribution in [2.24, 2.45) is 59.2 Å². The van der Waals surface area contributed by atoms with Crippen molar-refractivity contribution in [3.63, 3.8) is 0 Å². The van der Waals surface area contributed by atoms with Gasteiger partial charge in [-0.15, -0.1) is 0 Å². The predicted molar refractivity (Wildman–Crippen MR) is 208 cm³/mol. The average molecular weight is 699 g/mol. The molecule has 0 aromatic carbocycles. The van der Waals surface area contributed by atoms with Crippen LogP contribution in [0.15, 0.2) is 0 Å². The van der Waals surface area contributed by atoms with Crippen LogP contribution in [0.1, 0.15) is 193 Å². The summed E-state index contributed by atoms with van der Waals surface area (Å²) in [6.07, 6.45) is 47.2. The first-order valence-corrected chi connectivity index (χ1v) is 24.5. The fourth-order valence-electron chi connectivity index (χ4n) is 18.1. The molecule has 0 amide bonds. The number of ether oxygens (including phenoxy) is 1. The van der Waals surface area contributed by atoms with Crippen molar-refractivity contribution >= 4 is 0 Å². The van der Waals surface area contributed by atoms with Crippen LogP contribution in [0.25, 0.3) is 0 Å². The second-order valence-electron chi connectivity index (χ2n) is 21.8. The zero-order valence-electron chi connectivity index (χ0n) is 32.9. The normalized spacial score (nSPS) is 53.8. The molecule has 3 nitrogen and oxygen atoms in total. The fourth-order valence-corrected chi connectivity index (χ4v) is 18.1. The monoisotopic (exact) mass is 699 g/mol. The molecule has 0 bridgehead atoms. The van der Waals surface area contributed by atoms with Gasteiger partial charge in [-0.1, -0.05) is 57.8 Å². The lowest BCUT2D eigenvalue weighted by atomic mass is 9.61. The molecule has 15 unspecified atom stereocenters. The molecule has 0 aromatic rings. The largest absolute Gasteiger partial charge is 0.374 e. The van der Waals surface area contributed by atoms with Gasteiger partial charge < -0.3 is 4.74 Å². The maximum Gasteiger partial charge on any atom is 0.0612 e. The summed E-state index contributed by atoms with van der Waals surface area (Å²) in [6, 6.07) is 5.68. The van der Waals surface area contributed by atoms with E-state index in [0.29, 0.717) is 12.2 Å². The number of fused-ring (bicyclic) bond motifs is 9. The highest BCUT2D eigenvalue weighted by Crippen LogP contribution is 2.58. The second-order valence-corrected chi connectivity index (χ2v) is 21.8. The number of hydrogen-bond donors (Lipinski definition) is 0. The summed E-state index contributed by atoms with van der Waals surface area (Å²) >= 11 is 0. The summed E-state index contributed by atoms with van der Waals surface area (Å²) in [5.74, 6) is 10.3. The van der Waals surface area contributed by atoms with Gasteiger partial charge in [-0.25, -0.2) is 0 Å². The van der Waals surface area contributed by atoms with Crippen molar-refractivity contribution in [1.82, 2.24) is 9.80 Å². The molecule has 8 aliphatic carbocycles. The summed E-state index contributed by atoms with van der Waals surface area (Å²) in [6.45, 7) is 0. The molecule has 11 fully saturated rings. The summed E-state index contributed by atoms with van der Waals surface area (Å²) in [7, 11) is 0. The lowest BCUT2D eigenvalue weighted by molar-refractivity contribution is -0.0186. The third-order valence-electron chi connectivity index (χ3n) is 20.0. The number of hydrogen-bond acceptors (Lipinski definition) is 3. The quantitative estimate of drug-likeness (QED) is 0.291. The number of rotatable bonds is 4. The molecular weight excluding hydrogens is 621 g/mol. The first-order valence-electron chi connectivity index (χ1n) is 24.5. The highest BCUT2D eigenvalue weighted by Gasteiger charge is 2.57. The highest BCUT2D eigenvalue weighted by molar-refractivity contribution is 5.10. The van der Waals surface area contributed by atoms with Crippen LogP contribution in [0.2, 0.25) is 0 Å². The lowest BCUT2D eigenvalue weighted by Crippen LogP contribution is -2.50. The van der Waals surface area contributed by atoms with Crippen LogP contribution >= 0.6 is 0 Å². The van der Waals surface area contributed by atoms with Crippen LogP contribution in [0, 0.1) is 59.2 Å². The van der Waals surface area contributed by atoms with Crippen LogP contribution in [-0.2, 0) is 4.74 Å². The molecule has 0 radical (unpaired) electrons. The molecule has 0 N–H and O–H groups in total. The van der Waals surface area contributed by atoms with E-state index in [1.54, 1.807) is 89.9 Å². The van der Waals surface area contributed by atoms with Gasteiger partial charge >= 0.3 is 0 Å². The molecule has 3 heterocycles. The van der Waals surface area contributed by atoms with Gasteiger partial charge in [0.2, 0.25) is 0 Å². The Morgan fingerprint density at radius 2 is 0.745 bits per heavy atom. The van der Waals surface area contributed by atoms with E-state index in [1.165, 1.54) is 103 Å². The highest BCUT2D eigenvalue weighted by atomic mass is 16.5. The van der Waals surface area contributed by atoms with Crippen molar-refractivity contribution in [2.75, 3.05) is 0 Å². The molecule has 51 heavy (non-hydrogen) atoms. The second kappa shape index (κ2) is 14.4. The third-order valence-corrected chi connectivity index (χ3v) is 20.0. The van der Waals surface area contributed by atoms with Crippen LogP contribution < -0.4 is 0 Å². The maximum atomic E-state index is 6.77. The SMILES string of the molecule is C1CCC(N2C3CCCCC3C3CC(C4CCC(C5CCC6C(C5)C5CCCCC5N6C5CCC6OC7CCCCC7C6C5)CC4)CCC32)CC1. The molecule has 11 aliphatic rings. The molecule has 3 saturated heterocycles. The smallest absolute Gasteiger partial charge is 0.0612 e. The standard InChI is InChI=1S/C48H78N2O/c1-2-10-35(11-3-1)49-43-15-7-4-12-37(43)40-28-33(22-25-45(40)49)31-18-20-32(21-19-31)34-23-26-46-41(29-34)38-13-5-8-16-44(38)50(46)36-24-27-48-42(30-36)39-14-6-9-17-47(39)51-48/h31-48H,1-30H2. The fraction of sp³-hybridized carbons (Fsp3) is 1.00. The van der Waals surface area contributed by atoms with E-state index >= 15 is 0 Å². The summed E-state index contributed by atoms with van der Waals surface area (Å²) < 4.78 is 6.77. The van der Waals surface area contributed by atoms with Crippen molar-refractivity contribution in [3.05, 3.63) is 0 Å². The Kier molecular flexibility index (Phi) is 9.66. The minimum Gasteiger partial charge on any atom is -0.374 e. The molecule has 11 rings (SSSR count). The Bertz CT molecular complexity index is 1190. The van der Waals surface area contributed by atoms with Crippen LogP contribution in [0.4, 0.5) is 0 Å². The first kappa shape index (κ1) is 34.2. The van der Waals surface area contributed by atoms with E-state index in [2.05, 4.69) is 9.80 Å². The molecule has 8 saturated carbocycles. The average Bonchev–Trinajstić information content (AvgIpc) is 3.85. The van der Waals surface area contributed by atoms with Gasteiger partial charge in [-0.05, 0) is 194 Å².